The number of rotatable bonds is 7. The molecule has 2 atom stereocenters. The van der Waals surface area contributed by atoms with E-state index in [0.717, 1.165) is 43.0 Å². The Morgan fingerprint density at radius 1 is 1.29 bits per heavy atom. The molecule has 1 heterocycles. The first-order chi connectivity index (χ1) is 11.1. The second kappa shape index (κ2) is 9.87. The number of ketones is 1. The van der Waals surface area contributed by atoms with Gasteiger partial charge in [0.15, 0.2) is 11.5 Å². The van der Waals surface area contributed by atoms with Crippen LogP contribution in [0.5, 0.6) is 11.5 Å². The number of aliphatic hydroxyl groups excluding tert-OH is 1. The van der Waals surface area contributed by atoms with Gasteiger partial charge in [0.25, 0.3) is 0 Å². The van der Waals surface area contributed by atoms with E-state index in [4.69, 9.17) is 9.47 Å². The van der Waals surface area contributed by atoms with Crippen molar-refractivity contribution >= 4 is 18.2 Å². The van der Waals surface area contributed by atoms with Gasteiger partial charge in [-0.25, -0.2) is 0 Å². The SMILES string of the molecule is CCC(=O)C1CCN(CCc2ccc(OC)c(OC)c2)C(O)C1.Cl. The fraction of sp³-hybridized carbons (Fsp3) is 0.611. The van der Waals surface area contributed by atoms with Crippen molar-refractivity contribution in [1.29, 1.82) is 0 Å². The topological polar surface area (TPSA) is 59.0 Å². The van der Waals surface area contributed by atoms with Crippen LogP contribution in [0.25, 0.3) is 0 Å². The molecule has 24 heavy (non-hydrogen) atoms. The molecule has 1 N–H and O–H groups in total. The van der Waals surface area contributed by atoms with E-state index in [9.17, 15) is 9.90 Å². The maximum atomic E-state index is 11.8. The van der Waals surface area contributed by atoms with Crippen molar-refractivity contribution in [2.45, 2.75) is 38.8 Å². The lowest BCUT2D eigenvalue weighted by Crippen LogP contribution is -2.45. The third kappa shape index (κ3) is 5.10. The summed E-state index contributed by atoms with van der Waals surface area (Å²) in [7, 11) is 3.25. The zero-order valence-electron chi connectivity index (χ0n) is 14.7. The predicted molar refractivity (Wildman–Crippen MR) is 96.1 cm³/mol. The smallest absolute Gasteiger partial charge is 0.160 e. The molecule has 1 aliphatic rings. The number of benzene rings is 1. The minimum atomic E-state index is -0.524. The van der Waals surface area contributed by atoms with Crippen LogP contribution in [0, 0.1) is 5.92 Å². The van der Waals surface area contributed by atoms with E-state index in [1.807, 2.05) is 25.1 Å². The molecule has 0 radical (unpaired) electrons. The van der Waals surface area contributed by atoms with Crippen LogP contribution in [-0.4, -0.2) is 49.3 Å². The highest BCUT2D eigenvalue weighted by atomic mass is 35.5. The van der Waals surface area contributed by atoms with Crippen molar-refractivity contribution in [1.82, 2.24) is 4.90 Å². The van der Waals surface area contributed by atoms with E-state index in [-0.39, 0.29) is 24.1 Å². The number of nitrogens with zero attached hydrogens (tertiary/aromatic N) is 1. The average Bonchev–Trinajstić information content (AvgIpc) is 2.59. The molecular formula is C18H28ClNO4. The monoisotopic (exact) mass is 357 g/mol. The Morgan fingerprint density at radius 3 is 2.58 bits per heavy atom. The van der Waals surface area contributed by atoms with Crippen molar-refractivity contribution in [2.75, 3.05) is 27.3 Å². The molecule has 0 aromatic heterocycles. The standard InChI is InChI=1S/C18H27NO4.ClH/c1-4-15(20)14-8-10-19(18(21)12-14)9-7-13-5-6-16(22-2)17(11-13)23-3;/h5-6,11,14,18,21H,4,7-10,12H2,1-3H3;1H. The number of aliphatic hydroxyl groups is 1. The van der Waals surface area contributed by atoms with Crippen molar-refractivity contribution in [3.05, 3.63) is 23.8 Å². The van der Waals surface area contributed by atoms with Gasteiger partial charge >= 0.3 is 0 Å². The number of likely N-dealkylation sites (tertiary alicyclic amines) is 1. The second-order valence-electron chi connectivity index (χ2n) is 6.00. The number of piperidine rings is 1. The van der Waals surface area contributed by atoms with Crippen LogP contribution < -0.4 is 9.47 Å². The van der Waals surface area contributed by atoms with Gasteiger partial charge in [-0.05, 0) is 37.0 Å². The van der Waals surface area contributed by atoms with Crippen LogP contribution in [0.4, 0.5) is 0 Å². The molecule has 0 bridgehead atoms. The molecule has 136 valence electrons. The highest BCUT2D eigenvalue weighted by molar-refractivity contribution is 5.85. The fourth-order valence-corrected chi connectivity index (χ4v) is 3.14. The minimum absolute atomic E-state index is 0. The predicted octanol–water partition coefficient (Wildman–Crippen LogP) is 2.68. The quantitative estimate of drug-likeness (QED) is 0.813. The van der Waals surface area contributed by atoms with E-state index in [2.05, 4.69) is 4.90 Å². The van der Waals surface area contributed by atoms with Crippen molar-refractivity contribution < 1.29 is 19.4 Å². The highest BCUT2D eigenvalue weighted by Crippen LogP contribution is 2.28. The summed E-state index contributed by atoms with van der Waals surface area (Å²) in [4.78, 5) is 13.8. The van der Waals surface area contributed by atoms with Crippen molar-refractivity contribution in [3.63, 3.8) is 0 Å². The van der Waals surface area contributed by atoms with Crippen LogP contribution in [0.2, 0.25) is 0 Å². The van der Waals surface area contributed by atoms with Gasteiger partial charge in [0.1, 0.15) is 12.0 Å². The van der Waals surface area contributed by atoms with Crippen LogP contribution in [0.3, 0.4) is 0 Å². The molecule has 6 heteroatoms. The van der Waals surface area contributed by atoms with E-state index in [1.165, 1.54) is 0 Å². The molecule has 0 aliphatic carbocycles. The summed E-state index contributed by atoms with van der Waals surface area (Å²) in [5, 5.41) is 10.3. The van der Waals surface area contributed by atoms with Crippen LogP contribution in [0.1, 0.15) is 31.7 Å². The summed E-state index contributed by atoms with van der Waals surface area (Å²) >= 11 is 0. The van der Waals surface area contributed by atoms with Crippen LogP contribution in [0.15, 0.2) is 18.2 Å². The first kappa shape index (κ1) is 20.7. The number of carbonyl (C=O) groups is 1. The first-order valence-corrected chi connectivity index (χ1v) is 8.24. The Morgan fingerprint density at radius 2 is 2.00 bits per heavy atom. The third-order valence-corrected chi connectivity index (χ3v) is 4.62. The average molecular weight is 358 g/mol. The molecular weight excluding hydrogens is 330 g/mol. The number of ether oxygens (including phenoxy) is 2. The van der Waals surface area contributed by atoms with Crippen molar-refractivity contribution in [2.24, 2.45) is 5.92 Å². The lowest BCUT2D eigenvalue weighted by atomic mass is 9.90. The van der Waals surface area contributed by atoms with E-state index in [0.29, 0.717) is 12.8 Å². The maximum absolute atomic E-state index is 11.8. The molecule has 2 rings (SSSR count). The van der Waals surface area contributed by atoms with Gasteiger partial charge < -0.3 is 14.6 Å². The second-order valence-corrected chi connectivity index (χ2v) is 6.00. The Balaban J connectivity index is 0.00000288. The number of halogens is 1. The largest absolute Gasteiger partial charge is 0.493 e. The Labute approximate surface area is 150 Å². The third-order valence-electron chi connectivity index (χ3n) is 4.62. The minimum Gasteiger partial charge on any atom is -0.493 e. The number of methoxy groups -OCH3 is 2. The Kier molecular flexibility index (Phi) is 8.53. The highest BCUT2D eigenvalue weighted by Gasteiger charge is 2.29. The molecule has 0 amide bonds. The molecule has 0 spiro atoms. The molecule has 1 fully saturated rings. The maximum Gasteiger partial charge on any atom is 0.160 e. The number of hydrogen-bond donors (Lipinski definition) is 1. The summed E-state index contributed by atoms with van der Waals surface area (Å²) in [5.74, 6) is 1.73. The zero-order chi connectivity index (χ0) is 16.8. The summed E-state index contributed by atoms with van der Waals surface area (Å²) < 4.78 is 10.6. The summed E-state index contributed by atoms with van der Waals surface area (Å²) in [6.07, 6.45) is 2.26. The first-order valence-electron chi connectivity index (χ1n) is 8.24. The van der Waals surface area contributed by atoms with E-state index < -0.39 is 6.23 Å². The molecule has 0 saturated carbocycles. The molecule has 1 aromatic rings. The summed E-state index contributed by atoms with van der Waals surface area (Å²) in [6, 6.07) is 5.89. The molecule has 5 nitrogen and oxygen atoms in total. The summed E-state index contributed by atoms with van der Waals surface area (Å²) in [5.41, 5.74) is 1.14. The number of carbonyl (C=O) groups excluding carboxylic acids is 1. The van der Waals surface area contributed by atoms with E-state index >= 15 is 0 Å². The van der Waals surface area contributed by atoms with E-state index in [1.54, 1.807) is 14.2 Å². The summed E-state index contributed by atoms with van der Waals surface area (Å²) in [6.45, 7) is 3.42. The fourth-order valence-electron chi connectivity index (χ4n) is 3.14. The van der Waals surface area contributed by atoms with Gasteiger partial charge in [-0.3, -0.25) is 9.69 Å². The van der Waals surface area contributed by atoms with Gasteiger partial charge in [-0.1, -0.05) is 13.0 Å². The molecule has 1 aromatic carbocycles. The Hall–Kier alpha value is -1.30. The van der Waals surface area contributed by atoms with Crippen LogP contribution in [-0.2, 0) is 11.2 Å². The number of Topliss-reactive ketones (excluding diaryl/α,β-unsaturated/α-hetero) is 1. The van der Waals surface area contributed by atoms with Gasteiger partial charge in [0.2, 0.25) is 0 Å². The van der Waals surface area contributed by atoms with Crippen LogP contribution >= 0.6 is 12.4 Å². The molecule has 2 unspecified atom stereocenters. The molecule has 1 saturated heterocycles. The normalized spacial score (nSPS) is 21.0. The lowest BCUT2D eigenvalue weighted by molar-refractivity contribution is -0.128. The zero-order valence-corrected chi connectivity index (χ0v) is 15.5. The molecule has 1 aliphatic heterocycles. The van der Waals surface area contributed by atoms with Gasteiger partial charge in [0.05, 0.1) is 14.2 Å². The van der Waals surface area contributed by atoms with Crippen molar-refractivity contribution in [3.8, 4) is 11.5 Å². The van der Waals surface area contributed by atoms with Gasteiger partial charge in [-0.15, -0.1) is 12.4 Å². The lowest BCUT2D eigenvalue weighted by Gasteiger charge is -2.35. The van der Waals surface area contributed by atoms with Gasteiger partial charge in [-0.2, -0.15) is 0 Å². The Bertz CT molecular complexity index is 538. The van der Waals surface area contributed by atoms with Gasteiger partial charge in [0, 0.05) is 25.4 Å². The number of hydrogen-bond acceptors (Lipinski definition) is 5.